The Hall–Kier alpha value is -1.10. The van der Waals surface area contributed by atoms with Crippen LogP contribution in [0.15, 0.2) is 0 Å². The topological polar surface area (TPSA) is 84.2 Å². The lowest BCUT2D eigenvalue weighted by molar-refractivity contribution is -0.130. The third kappa shape index (κ3) is 5.68. The molecule has 0 aromatic rings. The molecule has 3 unspecified atom stereocenters. The Morgan fingerprint density at radius 3 is 2.00 bits per heavy atom. The molecule has 0 saturated heterocycles. The minimum Gasteiger partial charge on any atom is -0.352 e. The summed E-state index contributed by atoms with van der Waals surface area (Å²) in [5.41, 5.74) is 5.78. The van der Waals surface area contributed by atoms with E-state index in [2.05, 4.69) is 10.6 Å². The summed E-state index contributed by atoms with van der Waals surface area (Å²) >= 11 is 0. The summed E-state index contributed by atoms with van der Waals surface area (Å²) in [6.07, 6.45) is 0.834. The molecule has 0 aliphatic rings. The van der Waals surface area contributed by atoms with E-state index in [9.17, 15) is 9.59 Å². The number of hydrogen-bond donors (Lipinski definition) is 3. The number of nitrogens with one attached hydrogen (secondary N) is 2. The van der Waals surface area contributed by atoms with Gasteiger partial charge in [-0.15, -0.1) is 0 Å². The van der Waals surface area contributed by atoms with E-state index in [1.807, 2.05) is 27.7 Å². The molecule has 0 aliphatic carbocycles. The van der Waals surface area contributed by atoms with Gasteiger partial charge in [-0.25, -0.2) is 0 Å². The van der Waals surface area contributed by atoms with Crippen LogP contribution < -0.4 is 16.4 Å². The van der Waals surface area contributed by atoms with Crippen molar-refractivity contribution in [3.05, 3.63) is 0 Å². The largest absolute Gasteiger partial charge is 0.352 e. The van der Waals surface area contributed by atoms with E-state index < -0.39 is 12.1 Å². The van der Waals surface area contributed by atoms with Crippen LogP contribution in [0.25, 0.3) is 0 Å². The van der Waals surface area contributed by atoms with Crippen molar-refractivity contribution in [1.29, 1.82) is 0 Å². The van der Waals surface area contributed by atoms with Gasteiger partial charge in [-0.2, -0.15) is 0 Å². The van der Waals surface area contributed by atoms with Gasteiger partial charge in [0.2, 0.25) is 11.8 Å². The molecule has 0 spiro atoms. The molecule has 0 fully saturated rings. The van der Waals surface area contributed by atoms with Crippen molar-refractivity contribution < 1.29 is 9.59 Å². The molecular formula is C12H25N3O2. The molecule has 5 nitrogen and oxygen atoms in total. The van der Waals surface area contributed by atoms with Gasteiger partial charge in [-0.05, 0) is 26.7 Å². The minimum atomic E-state index is -0.561. The van der Waals surface area contributed by atoms with Gasteiger partial charge in [0.1, 0.15) is 6.04 Å². The van der Waals surface area contributed by atoms with Gasteiger partial charge in [-0.3, -0.25) is 9.59 Å². The van der Waals surface area contributed by atoms with Crippen molar-refractivity contribution in [2.24, 2.45) is 11.7 Å². The highest BCUT2D eigenvalue weighted by Crippen LogP contribution is 2.05. The first-order chi connectivity index (χ1) is 7.79. The van der Waals surface area contributed by atoms with E-state index in [0.717, 1.165) is 6.42 Å². The van der Waals surface area contributed by atoms with Gasteiger partial charge in [0.05, 0.1) is 6.04 Å². The van der Waals surface area contributed by atoms with Crippen LogP contribution in [0.4, 0.5) is 0 Å². The quantitative estimate of drug-likeness (QED) is 0.631. The SMILES string of the molecule is CCC(C)C(N)C(=O)NC(C)C(=O)NC(C)C. The molecule has 0 aromatic carbocycles. The Bertz CT molecular complexity index is 266. The fraction of sp³-hybridized carbons (Fsp3) is 0.833. The van der Waals surface area contributed by atoms with E-state index in [-0.39, 0.29) is 23.8 Å². The van der Waals surface area contributed by atoms with Crippen molar-refractivity contribution in [2.45, 2.75) is 59.2 Å². The molecule has 0 aliphatic heterocycles. The van der Waals surface area contributed by atoms with Crippen LogP contribution in [0.2, 0.25) is 0 Å². The highest BCUT2D eigenvalue weighted by molar-refractivity contribution is 5.89. The fourth-order valence-electron chi connectivity index (χ4n) is 1.30. The lowest BCUT2D eigenvalue weighted by atomic mass is 9.99. The van der Waals surface area contributed by atoms with Crippen LogP contribution in [-0.4, -0.2) is 29.9 Å². The van der Waals surface area contributed by atoms with Crippen molar-refractivity contribution in [1.82, 2.24) is 10.6 Å². The van der Waals surface area contributed by atoms with E-state index in [1.54, 1.807) is 6.92 Å². The number of hydrogen-bond acceptors (Lipinski definition) is 3. The van der Waals surface area contributed by atoms with Crippen LogP contribution >= 0.6 is 0 Å². The maximum absolute atomic E-state index is 11.7. The molecule has 3 atom stereocenters. The third-order valence-corrected chi connectivity index (χ3v) is 2.74. The second kappa shape index (κ2) is 7.27. The van der Waals surface area contributed by atoms with Crippen molar-refractivity contribution >= 4 is 11.8 Å². The first-order valence-corrected chi connectivity index (χ1v) is 6.15. The van der Waals surface area contributed by atoms with Crippen LogP contribution in [0.1, 0.15) is 41.0 Å². The predicted molar refractivity (Wildman–Crippen MR) is 68.3 cm³/mol. The molecule has 0 saturated carbocycles. The molecule has 100 valence electrons. The average molecular weight is 243 g/mol. The van der Waals surface area contributed by atoms with Gasteiger partial charge in [-0.1, -0.05) is 20.3 Å². The number of rotatable bonds is 6. The zero-order valence-corrected chi connectivity index (χ0v) is 11.4. The molecule has 0 heterocycles. The zero-order valence-electron chi connectivity index (χ0n) is 11.4. The maximum atomic E-state index is 11.7. The highest BCUT2D eigenvalue weighted by Gasteiger charge is 2.23. The molecule has 0 aromatic heterocycles. The summed E-state index contributed by atoms with van der Waals surface area (Å²) in [6.45, 7) is 9.30. The number of amides is 2. The van der Waals surface area contributed by atoms with Crippen molar-refractivity contribution in [3.8, 4) is 0 Å². The molecule has 2 amide bonds. The summed E-state index contributed by atoms with van der Waals surface area (Å²) in [4.78, 5) is 23.3. The standard InChI is InChI=1S/C12H25N3O2/c1-6-8(4)10(13)12(17)15-9(5)11(16)14-7(2)3/h7-10H,6,13H2,1-5H3,(H,14,16)(H,15,17). The lowest BCUT2D eigenvalue weighted by Crippen LogP contribution is -2.52. The van der Waals surface area contributed by atoms with E-state index in [0.29, 0.717) is 0 Å². The van der Waals surface area contributed by atoms with Gasteiger partial charge < -0.3 is 16.4 Å². The van der Waals surface area contributed by atoms with Crippen LogP contribution in [-0.2, 0) is 9.59 Å². The predicted octanol–water partition coefficient (Wildman–Crippen LogP) is 0.389. The first kappa shape index (κ1) is 15.9. The van der Waals surface area contributed by atoms with Crippen LogP contribution in [0.3, 0.4) is 0 Å². The van der Waals surface area contributed by atoms with Crippen molar-refractivity contribution in [3.63, 3.8) is 0 Å². The lowest BCUT2D eigenvalue weighted by Gasteiger charge is -2.21. The molecule has 0 radical (unpaired) electrons. The summed E-state index contributed by atoms with van der Waals surface area (Å²) in [6, 6.07) is -1.06. The average Bonchev–Trinajstić information content (AvgIpc) is 2.25. The third-order valence-electron chi connectivity index (χ3n) is 2.74. The number of carbonyl (C=O) groups is 2. The highest BCUT2D eigenvalue weighted by atomic mass is 16.2. The maximum Gasteiger partial charge on any atom is 0.242 e. The summed E-state index contributed by atoms with van der Waals surface area (Å²) in [5, 5.41) is 5.36. The summed E-state index contributed by atoms with van der Waals surface area (Å²) < 4.78 is 0. The van der Waals surface area contributed by atoms with Crippen LogP contribution in [0.5, 0.6) is 0 Å². The number of carbonyl (C=O) groups excluding carboxylic acids is 2. The number of nitrogens with two attached hydrogens (primary N) is 1. The minimum absolute atomic E-state index is 0.0603. The van der Waals surface area contributed by atoms with E-state index >= 15 is 0 Å². The van der Waals surface area contributed by atoms with Crippen LogP contribution in [0, 0.1) is 5.92 Å². The fourth-order valence-corrected chi connectivity index (χ4v) is 1.30. The second-order valence-corrected chi connectivity index (χ2v) is 4.80. The Labute approximate surface area is 104 Å². The van der Waals surface area contributed by atoms with Crippen molar-refractivity contribution in [2.75, 3.05) is 0 Å². The molecule has 17 heavy (non-hydrogen) atoms. The molecular weight excluding hydrogens is 218 g/mol. The van der Waals surface area contributed by atoms with Gasteiger partial charge in [0.25, 0.3) is 0 Å². The molecule has 0 rings (SSSR count). The Morgan fingerprint density at radius 2 is 1.59 bits per heavy atom. The Balaban J connectivity index is 4.24. The monoisotopic (exact) mass is 243 g/mol. The van der Waals surface area contributed by atoms with Gasteiger partial charge >= 0.3 is 0 Å². The molecule has 4 N–H and O–H groups in total. The Kier molecular flexibility index (Phi) is 6.80. The van der Waals surface area contributed by atoms with E-state index in [1.165, 1.54) is 0 Å². The van der Waals surface area contributed by atoms with E-state index in [4.69, 9.17) is 5.73 Å². The molecule has 0 bridgehead atoms. The smallest absolute Gasteiger partial charge is 0.242 e. The first-order valence-electron chi connectivity index (χ1n) is 6.15. The van der Waals surface area contributed by atoms with Gasteiger partial charge in [0.15, 0.2) is 0 Å². The molecule has 5 heteroatoms. The Morgan fingerprint density at radius 1 is 1.06 bits per heavy atom. The normalized spacial score (nSPS) is 16.2. The second-order valence-electron chi connectivity index (χ2n) is 4.80. The summed E-state index contributed by atoms with van der Waals surface area (Å²) in [7, 11) is 0. The zero-order chi connectivity index (χ0) is 13.6. The summed E-state index contributed by atoms with van der Waals surface area (Å²) in [5.74, 6) is -0.356. The van der Waals surface area contributed by atoms with Gasteiger partial charge in [0, 0.05) is 6.04 Å².